The number of benzene rings is 2. The Bertz CT molecular complexity index is 890. The Labute approximate surface area is 176 Å². The van der Waals surface area contributed by atoms with E-state index in [2.05, 4.69) is 5.32 Å². The second-order valence-electron chi connectivity index (χ2n) is 7.64. The van der Waals surface area contributed by atoms with E-state index in [4.69, 9.17) is 14.2 Å². The molecule has 1 heterocycles. The molecular weight excluding hydrogens is 387 g/mol. The van der Waals surface area contributed by atoms with Crippen LogP contribution < -0.4 is 19.7 Å². The Morgan fingerprint density at radius 3 is 2.60 bits per heavy atom. The van der Waals surface area contributed by atoms with Crippen LogP contribution in [0.2, 0.25) is 0 Å². The third kappa shape index (κ3) is 4.91. The molecule has 162 valence electrons. The summed E-state index contributed by atoms with van der Waals surface area (Å²) in [6.45, 7) is 3.51. The standard InChI is InChI=1S/C23H29FN2O4/c1-15(25-22(27)14-28-2)23-19-12-21(30-4)20(29-3)11-17(19)8-9-26(23)13-16-6-5-7-18(24)10-16/h5-7,10-12,15,23H,8-9,13-14H2,1-4H3,(H,25,27)/p+1/t15-,23+/m0/s1. The van der Waals surface area contributed by atoms with Crippen LogP contribution in [0.15, 0.2) is 36.4 Å². The molecule has 2 aromatic rings. The van der Waals surface area contributed by atoms with Gasteiger partial charge < -0.3 is 24.4 Å². The van der Waals surface area contributed by atoms with Crippen molar-refractivity contribution in [3.05, 3.63) is 58.9 Å². The van der Waals surface area contributed by atoms with E-state index in [0.29, 0.717) is 18.0 Å². The normalized spacial score (nSPS) is 19.0. The molecule has 0 saturated carbocycles. The number of carbonyl (C=O) groups excluding carboxylic acids is 1. The highest BCUT2D eigenvalue weighted by Gasteiger charge is 2.37. The molecule has 1 amide bonds. The molecule has 3 atom stereocenters. The minimum atomic E-state index is -0.242. The largest absolute Gasteiger partial charge is 0.493 e. The molecule has 6 nitrogen and oxygen atoms in total. The smallest absolute Gasteiger partial charge is 0.246 e. The van der Waals surface area contributed by atoms with Gasteiger partial charge in [0.15, 0.2) is 11.5 Å². The zero-order valence-corrected chi connectivity index (χ0v) is 18.0. The molecule has 1 unspecified atom stereocenters. The molecule has 0 spiro atoms. The number of methoxy groups -OCH3 is 3. The highest BCUT2D eigenvalue weighted by atomic mass is 19.1. The fraction of sp³-hybridized carbons (Fsp3) is 0.435. The summed E-state index contributed by atoms with van der Waals surface area (Å²) < 4.78 is 29.7. The molecular formula is C23H30FN2O4+. The van der Waals surface area contributed by atoms with E-state index in [-0.39, 0.29) is 30.4 Å². The van der Waals surface area contributed by atoms with Gasteiger partial charge in [-0.1, -0.05) is 12.1 Å². The number of amides is 1. The highest BCUT2D eigenvalue weighted by molar-refractivity contribution is 5.77. The van der Waals surface area contributed by atoms with E-state index < -0.39 is 0 Å². The first kappa shape index (κ1) is 22.1. The number of nitrogens with one attached hydrogen (secondary N) is 2. The van der Waals surface area contributed by atoms with Crippen molar-refractivity contribution in [1.82, 2.24) is 5.32 Å². The summed E-state index contributed by atoms with van der Waals surface area (Å²) in [4.78, 5) is 13.5. The van der Waals surface area contributed by atoms with Gasteiger partial charge in [-0.05, 0) is 36.8 Å². The van der Waals surface area contributed by atoms with Crippen molar-refractivity contribution in [2.45, 2.75) is 32.0 Å². The van der Waals surface area contributed by atoms with Crippen molar-refractivity contribution < 1.29 is 28.3 Å². The van der Waals surface area contributed by atoms with Crippen molar-refractivity contribution in [1.29, 1.82) is 0 Å². The second kappa shape index (κ2) is 9.91. The Hall–Kier alpha value is -2.64. The van der Waals surface area contributed by atoms with Gasteiger partial charge in [0.05, 0.1) is 26.8 Å². The number of hydrogen-bond donors (Lipinski definition) is 2. The van der Waals surface area contributed by atoms with Crippen LogP contribution in [-0.2, 0) is 22.5 Å². The fourth-order valence-electron chi connectivity index (χ4n) is 4.35. The van der Waals surface area contributed by atoms with Gasteiger partial charge in [-0.15, -0.1) is 0 Å². The van der Waals surface area contributed by atoms with Crippen LogP contribution in [0.4, 0.5) is 4.39 Å². The number of carbonyl (C=O) groups is 1. The van der Waals surface area contributed by atoms with Crippen molar-refractivity contribution in [2.24, 2.45) is 0 Å². The van der Waals surface area contributed by atoms with E-state index >= 15 is 0 Å². The lowest BCUT2D eigenvalue weighted by molar-refractivity contribution is -0.948. The molecule has 2 N–H and O–H groups in total. The summed E-state index contributed by atoms with van der Waals surface area (Å²) in [6.07, 6.45) is 0.857. The summed E-state index contributed by atoms with van der Waals surface area (Å²) in [6, 6.07) is 10.5. The minimum Gasteiger partial charge on any atom is -0.493 e. The first-order valence-electron chi connectivity index (χ1n) is 10.1. The van der Waals surface area contributed by atoms with Crippen LogP contribution in [-0.4, -0.2) is 46.4 Å². The molecule has 30 heavy (non-hydrogen) atoms. The maximum Gasteiger partial charge on any atom is 0.246 e. The van der Waals surface area contributed by atoms with Gasteiger partial charge in [0.1, 0.15) is 25.0 Å². The van der Waals surface area contributed by atoms with Gasteiger partial charge in [0.25, 0.3) is 0 Å². The molecule has 0 saturated heterocycles. The lowest BCUT2D eigenvalue weighted by Crippen LogP contribution is -3.13. The molecule has 0 radical (unpaired) electrons. The average molecular weight is 418 g/mol. The number of fused-ring (bicyclic) bond motifs is 1. The second-order valence-corrected chi connectivity index (χ2v) is 7.64. The SMILES string of the molecule is COCC(=O)N[C@@H](C)[C@@H]1c2cc(OC)c(OC)cc2CC[NH+]1Cc1cccc(F)c1. The number of halogens is 1. The number of ether oxygens (including phenoxy) is 3. The first-order chi connectivity index (χ1) is 14.5. The Kier molecular flexibility index (Phi) is 7.29. The summed E-state index contributed by atoms with van der Waals surface area (Å²) in [7, 11) is 4.74. The zero-order chi connectivity index (χ0) is 21.7. The van der Waals surface area contributed by atoms with E-state index in [1.54, 1.807) is 26.4 Å². The van der Waals surface area contributed by atoms with E-state index in [9.17, 15) is 9.18 Å². The Morgan fingerprint density at radius 2 is 1.93 bits per heavy atom. The molecule has 3 rings (SSSR count). The number of rotatable bonds is 8. The maximum absolute atomic E-state index is 13.7. The van der Waals surface area contributed by atoms with Crippen LogP contribution in [0.25, 0.3) is 0 Å². The lowest BCUT2D eigenvalue weighted by Gasteiger charge is -2.38. The van der Waals surface area contributed by atoms with E-state index in [0.717, 1.165) is 24.1 Å². The van der Waals surface area contributed by atoms with Gasteiger partial charge in [-0.25, -0.2) is 4.39 Å². The van der Waals surface area contributed by atoms with Crippen molar-refractivity contribution in [2.75, 3.05) is 34.5 Å². The summed E-state index contributed by atoms with van der Waals surface area (Å²) in [5.41, 5.74) is 3.21. The molecule has 0 bridgehead atoms. The molecule has 0 aliphatic carbocycles. The van der Waals surface area contributed by atoms with E-state index in [1.807, 2.05) is 25.1 Å². The maximum atomic E-state index is 13.7. The monoisotopic (exact) mass is 417 g/mol. The summed E-state index contributed by atoms with van der Waals surface area (Å²) in [5, 5.41) is 3.05. The number of hydrogen-bond acceptors (Lipinski definition) is 4. The van der Waals surface area contributed by atoms with Crippen LogP contribution in [0.5, 0.6) is 11.5 Å². The van der Waals surface area contributed by atoms with Crippen LogP contribution in [0, 0.1) is 5.82 Å². The molecule has 7 heteroatoms. The quantitative estimate of drug-likeness (QED) is 0.686. The molecule has 1 aliphatic rings. The van der Waals surface area contributed by atoms with Gasteiger partial charge in [-0.2, -0.15) is 0 Å². The van der Waals surface area contributed by atoms with Gasteiger partial charge in [-0.3, -0.25) is 4.79 Å². The first-order valence-corrected chi connectivity index (χ1v) is 10.1. The van der Waals surface area contributed by atoms with Crippen LogP contribution in [0.3, 0.4) is 0 Å². The van der Waals surface area contributed by atoms with Crippen molar-refractivity contribution >= 4 is 5.91 Å². The predicted molar refractivity (Wildman–Crippen MR) is 111 cm³/mol. The van der Waals surface area contributed by atoms with Gasteiger partial charge in [0, 0.05) is 24.7 Å². The zero-order valence-electron chi connectivity index (χ0n) is 18.0. The molecule has 1 aliphatic heterocycles. The average Bonchev–Trinajstić information content (AvgIpc) is 2.72. The topological polar surface area (TPSA) is 61.2 Å². The third-order valence-electron chi connectivity index (χ3n) is 5.62. The van der Waals surface area contributed by atoms with Crippen LogP contribution >= 0.6 is 0 Å². The minimum absolute atomic E-state index is 0.00901. The van der Waals surface area contributed by atoms with Gasteiger partial charge >= 0.3 is 0 Å². The van der Waals surface area contributed by atoms with Crippen molar-refractivity contribution in [3.8, 4) is 11.5 Å². The molecule has 0 fully saturated rings. The third-order valence-corrected chi connectivity index (χ3v) is 5.62. The lowest BCUT2D eigenvalue weighted by atomic mass is 9.87. The number of quaternary nitrogens is 1. The fourth-order valence-corrected chi connectivity index (χ4v) is 4.35. The molecule has 0 aromatic heterocycles. The van der Waals surface area contributed by atoms with E-state index in [1.165, 1.54) is 23.6 Å². The Balaban J connectivity index is 1.97. The summed E-state index contributed by atoms with van der Waals surface area (Å²) in [5.74, 6) is 0.944. The predicted octanol–water partition coefficient (Wildman–Crippen LogP) is 1.68. The molecule has 2 aromatic carbocycles. The van der Waals surface area contributed by atoms with Crippen LogP contribution in [0.1, 0.15) is 29.7 Å². The highest BCUT2D eigenvalue weighted by Crippen LogP contribution is 2.35. The van der Waals surface area contributed by atoms with Gasteiger partial charge in [0.2, 0.25) is 5.91 Å². The summed E-state index contributed by atoms with van der Waals surface area (Å²) >= 11 is 0. The van der Waals surface area contributed by atoms with Crippen molar-refractivity contribution in [3.63, 3.8) is 0 Å². The Morgan fingerprint density at radius 1 is 1.20 bits per heavy atom.